The Morgan fingerprint density at radius 1 is 0.875 bits per heavy atom. The van der Waals surface area contributed by atoms with Gasteiger partial charge in [0.2, 0.25) is 0 Å². The third-order valence-electron chi connectivity index (χ3n) is 5.24. The number of carbonyl (C=O) groups excluding carboxylic acids is 1. The molecule has 3 rings (SSSR count). The van der Waals surface area contributed by atoms with Gasteiger partial charge in [-0.05, 0) is 40.8 Å². The molecule has 0 saturated heterocycles. The average molecular weight is 432 g/mol. The molecule has 0 aromatic heterocycles. The van der Waals surface area contributed by atoms with E-state index in [-0.39, 0.29) is 5.41 Å². The summed E-state index contributed by atoms with van der Waals surface area (Å²) < 4.78 is 11.8. The van der Waals surface area contributed by atoms with E-state index in [4.69, 9.17) is 14.3 Å². The Morgan fingerprint density at radius 3 is 2.12 bits per heavy atom. The number of oxime groups is 1. The largest absolute Gasteiger partial charge is 0.489 e. The lowest BCUT2D eigenvalue weighted by Crippen LogP contribution is -2.17. The Morgan fingerprint density at radius 2 is 1.50 bits per heavy atom. The van der Waals surface area contributed by atoms with E-state index in [1.54, 1.807) is 0 Å². The van der Waals surface area contributed by atoms with Crippen molar-refractivity contribution in [3.8, 4) is 11.5 Å². The molecule has 0 unspecified atom stereocenters. The minimum absolute atomic E-state index is 0.176. The number of nitrogens with zero attached hydrogens (tertiary/aromatic N) is 1. The van der Waals surface area contributed by atoms with Gasteiger partial charge in [0.15, 0.2) is 0 Å². The van der Waals surface area contributed by atoms with E-state index in [1.165, 1.54) is 7.11 Å². The molecular weight excluding hydrogens is 402 g/mol. The van der Waals surface area contributed by atoms with Crippen LogP contribution in [0.5, 0.6) is 11.5 Å². The SMILES string of the molecule is CO/N=C(/COc1ccc(COc2ccc(C(C)(C)CC=O)cc2)cc1)c1ccccc1. The van der Waals surface area contributed by atoms with Crippen LogP contribution in [0.4, 0.5) is 0 Å². The summed E-state index contributed by atoms with van der Waals surface area (Å²) in [6, 6.07) is 25.5. The molecule has 0 heterocycles. The Bertz CT molecular complexity index is 1010. The molecule has 0 radical (unpaired) electrons. The van der Waals surface area contributed by atoms with Gasteiger partial charge < -0.3 is 19.1 Å². The molecule has 0 spiro atoms. The fourth-order valence-electron chi connectivity index (χ4n) is 3.23. The molecule has 0 saturated carbocycles. The van der Waals surface area contributed by atoms with Gasteiger partial charge >= 0.3 is 0 Å². The summed E-state index contributed by atoms with van der Waals surface area (Å²) in [6.45, 7) is 4.88. The highest BCUT2D eigenvalue weighted by molar-refractivity contribution is 6.01. The molecular formula is C27H29NO4. The highest BCUT2D eigenvalue weighted by Gasteiger charge is 2.19. The van der Waals surface area contributed by atoms with E-state index in [9.17, 15) is 4.79 Å². The summed E-state index contributed by atoms with van der Waals surface area (Å²) >= 11 is 0. The molecule has 0 aliphatic heterocycles. The van der Waals surface area contributed by atoms with Crippen molar-refractivity contribution in [3.63, 3.8) is 0 Å². The summed E-state index contributed by atoms with van der Waals surface area (Å²) in [5.74, 6) is 1.54. The minimum atomic E-state index is -0.176. The number of aldehydes is 1. The first kappa shape index (κ1) is 23.1. The summed E-state index contributed by atoms with van der Waals surface area (Å²) in [4.78, 5) is 15.8. The van der Waals surface area contributed by atoms with Crippen LogP contribution in [0.15, 0.2) is 84.0 Å². The quantitative estimate of drug-likeness (QED) is 0.227. The maximum Gasteiger partial charge on any atom is 0.134 e. The lowest BCUT2D eigenvalue weighted by Gasteiger charge is -2.22. The van der Waals surface area contributed by atoms with Crippen molar-refractivity contribution in [3.05, 3.63) is 95.6 Å². The molecule has 3 aromatic rings. The van der Waals surface area contributed by atoms with Crippen LogP contribution >= 0.6 is 0 Å². The molecule has 0 aliphatic rings. The molecule has 32 heavy (non-hydrogen) atoms. The maximum atomic E-state index is 10.9. The Hall–Kier alpha value is -3.60. The smallest absolute Gasteiger partial charge is 0.134 e. The number of ether oxygens (including phenoxy) is 2. The Labute approximate surface area is 189 Å². The zero-order valence-electron chi connectivity index (χ0n) is 18.8. The van der Waals surface area contributed by atoms with Crippen molar-refractivity contribution in [1.82, 2.24) is 0 Å². The molecule has 0 aliphatic carbocycles. The highest BCUT2D eigenvalue weighted by atomic mass is 16.6. The second kappa shape index (κ2) is 11.1. The zero-order chi connectivity index (χ0) is 22.8. The van der Waals surface area contributed by atoms with Gasteiger partial charge in [-0.15, -0.1) is 0 Å². The first-order valence-corrected chi connectivity index (χ1v) is 10.6. The molecule has 0 fully saturated rings. The predicted molar refractivity (Wildman–Crippen MR) is 126 cm³/mol. The summed E-state index contributed by atoms with van der Waals surface area (Å²) in [7, 11) is 1.53. The number of carbonyl (C=O) groups is 1. The van der Waals surface area contributed by atoms with E-state index in [2.05, 4.69) is 19.0 Å². The van der Waals surface area contributed by atoms with Crippen LogP contribution in [0.25, 0.3) is 0 Å². The molecule has 5 nitrogen and oxygen atoms in total. The molecule has 0 amide bonds. The van der Waals surface area contributed by atoms with Gasteiger partial charge in [0, 0.05) is 12.0 Å². The standard InChI is InChI=1S/C27H29NO4/c1-27(2,17-18-29)23-11-15-25(16-12-23)31-19-21-9-13-24(14-10-21)32-20-26(28-30-3)22-7-5-4-6-8-22/h4-16,18H,17,19-20H2,1-3H3/b28-26-. The fraction of sp³-hybridized carbons (Fsp3) is 0.259. The number of benzene rings is 3. The van der Waals surface area contributed by atoms with E-state index >= 15 is 0 Å². The summed E-state index contributed by atoms with van der Waals surface area (Å²) in [5, 5.41) is 4.08. The minimum Gasteiger partial charge on any atom is -0.489 e. The monoisotopic (exact) mass is 431 g/mol. The van der Waals surface area contributed by atoms with Crippen molar-refractivity contribution < 1.29 is 19.1 Å². The predicted octanol–water partition coefficient (Wildman–Crippen LogP) is 5.56. The Kier molecular flexibility index (Phi) is 8.03. The van der Waals surface area contributed by atoms with Gasteiger partial charge in [0.25, 0.3) is 0 Å². The lowest BCUT2D eigenvalue weighted by atomic mass is 9.82. The highest BCUT2D eigenvalue weighted by Crippen LogP contribution is 2.28. The van der Waals surface area contributed by atoms with Gasteiger partial charge in [-0.2, -0.15) is 0 Å². The van der Waals surface area contributed by atoms with Crippen molar-refractivity contribution in [2.75, 3.05) is 13.7 Å². The maximum absolute atomic E-state index is 10.9. The van der Waals surface area contributed by atoms with Crippen LogP contribution in [-0.2, 0) is 21.7 Å². The topological polar surface area (TPSA) is 57.1 Å². The van der Waals surface area contributed by atoms with E-state index < -0.39 is 0 Å². The second-order valence-corrected chi connectivity index (χ2v) is 8.09. The molecule has 3 aromatic carbocycles. The zero-order valence-corrected chi connectivity index (χ0v) is 18.8. The average Bonchev–Trinajstić information content (AvgIpc) is 2.82. The first-order valence-electron chi connectivity index (χ1n) is 10.6. The van der Waals surface area contributed by atoms with Gasteiger partial charge in [-0.3, -0.25) is 0 Å². The van der Waals surface area contributed by atoms with Crippen LogP contribution < -0.4 is 9.47 Å². The lowest BCUT2D eigenvalue weighted by molar-refractivity contribution is -0.108. The normalized spacial score (nSPS) is 11.7. The molecule has 166 valence electrons. The number of rotatable bonds is 11. The van der Waals surface area contributed by atoms with Crippen molar-refractivity contribution in [2.24, 2.45) is 5.16 Å². The van der Waals surface area contributed by atoms with Gasteiger partial charge in [0.05, 0.1) is 0 Å². The van der Waals surface area contributed by atoms with Crippen molar-refractivity contribution in [1.29, 1.82) is 0 Å². The fourth-order valence-corrected chi connectivity index (χ4v) is 3.23. The van der Waals surface area contributed by atoms with E-state index in [1.807, 2.05) is 78.9 Å². The first-order chi connectivity index (χ1) is 15.5. The van der Waals surface area contributed by atoms with Crippen molar-refractivity contribution in [2.45, 2.75) is 32.3 Å². The van der Waals surface area contributed by atoms with Gasteiger partial charge in [0.1, 0.15) is 43.8 Å². The third-order valence-corrected chi connectivity index (χ3v) is 5.24. The van der Waals surface area contributed by atoms with Crippen LogP contribution in [0.2, 0.25) is 0 Å². The van der Waals surface area contributed by atoms with Crippen LogP contribution in [-0.4, -0.2) is 25.7 Å². The molecule has 0 atom stereocenters. The van der Waals surface area contributed by atoms with Crippen LogP contribution in [0, 0.1) is 0 Å². The van der Waals surface area contributed by atoms with Crippen LogP contribution in [0.3, 0.4) is 0 Å². The summed E-state index contributed by atoms with van der Waals surface area (Å²) in [5.41, 5.74) is 3.66. The van der Waals surface area contributed by atoms with Gasteiger partial charge in [-0.25, -0.2) is 0 Å². The second-order valence-electron chi connectivity index (χ2n) is 8.09. The molecule has 0 bridgehead atoms. The van der Waals surface area contributed by atoms with Crippen molar-refractivity contribution >= 4 is 12.0 Å². The Balaban J connectivity index is 1.53. The summed E-state index contributed by atoms with van der Waals surface area (Å²) in [6.07, 6.45) is 1.45. The molecule has 5 heteroatoms. The number of hydrogen-bond acceptors (Lipinski definition) is 5. The third kappa shape index (κ3) is 6.45. The van der Waals surface area contributed by atoms with E-state index in [0.29, 0.717) is 19.6 Å². The molecule has 0 N–H and O–H groups in total. The number of hydrogen-bond donors (Lipinski definition) is 0. The van der Waals surface area contributed by atoms with Crippen LogP contribution in [0.1, 0.15) is 37.0 Å². The van der Waals surface area contributed by atoms with Gasteiger partial charge in [-0.1, -0.05) is 73.6 Å². The van der Waals surface area contributed by atoms with E-state index in [0.717, 1.165) is 40.2 Å².